The minimum Gasteiger partial charge on any atom is -0.793 e. The number of aliphatic hydroxyl groups is 2. The van der Waals surface area contributed by atoms with E-state index in [0.717, 1.165) is 52.9 Å². The molecule has 0 bridgehead atoms. The molecule has 17 nitrogen and oxygen atoms in total. The van der Waals surface area contributed by atoms with Gasteiger partial charge in [0.25, 0.3) is 0 Å². The molecule has 0 aromatic heterocycles. The standard InChI is InChI=1S/C12H24N2O3.C8H15NO3.C4H9NO.C4H6O4.C2H3BO2.CH4.Na/c1-12(2,3)17-11(16)13(4)7-8-14-6-5-10(15)9-14;1-8(2,3)12-7(11)9(4)5-6-10;6-4-1-2-5-3-4;1-3(5)7-8-4(2)6;1-2(4)5-3;;/h10,15H,5-9H2,1-4H3;6H,5H2,1-4H3;4-6H,1-3H2;1-2H3;1H3;1H4;/q;;;;-1;;+1. The van der Waals surface area contributed by atoms with Gasteiger partial charge in [-0.25, -0.2) is 29.0 Å². The second-order valence-corrected chi connectivity index (χ2v) is 12.6. The molecule has 2 aliphatic rings. The molecule has 2 rings (SSSR count). The summed E-state index contributed by atoms with van der Waals surface area (Å²) in [5, 5.41) is 21.1. The van der Waals surface area contributed by atoms with Gasteiger partial charge in [0.05, 0.1) is 18.8 Å². The summed E-state index contributed by atoms with van der Waals surface area (Å²) in [5.74, 6) is -1.74. The molecule has 0 aliphatic carbocycles. The van der Waals surface area contributed by atoms with Crippen LogP contribution in [0.3, 0.4) is 0 Å². The summed E-state index contributed by atoms with van der Waals surface area (Å²) in [6, 6.07) is 0. The molecule has 0 aromatic carbocycles. The van der Waals surface area contributed by atoms with Gasteiger partial charge in [0.2, 0.25) is 5.97 Å². The summed E-state index contributed by atoms with van der Waals surface area (Å²) < 4.78 is 13.8. The van der Waals surface area contributed by atoms with E-state index in [0.29, 0.717) is 19.4 Å². The summed E-state index contributed by atoms with van der Waals surface area (Å²) in [6.07, 6.45) is 1.37. The fourth-order valence-corrected chi connectivity index (χ4v) is 3.02. The molecule has 2 saturated heterocycles. The van der Waals surface area contributed by atoms with Crippen LogP contribution in [0, 0.1) is 0 Å². The first-order chi connectivity index (χ1) is 21.9. The smallest absolute Gasteiger partial charge is 0.793 e. The molecule has 0 spiro atoms. The van der Waals surface area contributed by atoms with Crippen LogP contribution in [0.15, 0.2) is 0 Å². The van der Waals surface area contributed by atoms with E-state index in [-0.39, 0.29) is 61.8 Å². The molecule has 2 atom stereocenters. The maximum absolute atomic E-state index is 11.7. The van der Waals surface area contributed by atoms with Gasteiger partial charge in [-0.15, -0.1) is 0 Å². The van der Waals surface area contributed by atoms with E-state index in [2.05, 4.69) is 32.7 Å². The van der Waals surface area contributed by atoms with Crippen molar-refractivity contribution in [2.45, 2.75) is 106 Å². The van der Waals surface area contributed by atoms with Crippen LogP contribution >= 0.6 is 0 Å². The second-order valence-electron chi connectivity index (χ2n) is 12.6. The number of hydrogen-bond donors (Lipinski definition) is 3. The molecule has 19 heteroatoms. The Balaban J connectivity index is -0.000000179. The van der Waals surface area contributed by atoms with E-state index in [1.54, 1.807) is 32.7 Å². The predicted molar refractivity (Wildman–Crippen MR) is 182 cm³/mol. The van der Waals surface area contributed by atoms with E-state index in [9.17, 15) is 33.9 Å². The second kappa shape index (κ2) is 31.3. The van der Waals surface area contributed by atoms with Crippen molar-refractivity contribution >= 4 is 44.4 Å². The van der Waals surface area contributed by atoms with Gasteiger partial charge in [-0.3, -0.25) is 9.69 Å². The molecule has 2 amide bonds. The largest absolute Gasteiger partial charge is 1.00 e. The molecular weight excluding hydrogens is 670 g/mol. The number of hydrogen-bond acceptors (Lipinski definition) is 15. The average Bonchev–Trinajstić information content (AvgIpc) is 3.60. The molecule has 2 heterocycles. The first-order valence-electron chi connectivity index (χ1n) is 15.3. The van der Waals surface area contributed by atoms with Gasteiger partial charge in [0, 0.05) is 67.6 Å². The quantitative estimate of drug-likeness (QED) is 0.129. The van der Waals surface area contributed by atoms with Gasteiger partial charge in [-0.2, -0.15) is 0 Å². The zero-order valence-corrected chi connectivity index (χ0v) is 33.4. The van der Waals surface area contributed by atoms with Gasteiger partial charge in [0.15, 0.2) is 0 Å². The number of likely N-dealkylation sites (N-methyl/N-ethyl adjacent to an activating group) is 2. The third kappa shape index (κ3) is 41.7. The molecular formula is C31H61BN4NaO13. The van der Waals surface area contributed by atoms with Gasteiger partial charge in [0.1, 0.15) is 17.5 Å². The van der Waals surface area contributed by atoms with Crippen molar-refractivity contribution in [1.82, 2.24) is 20.0 Å². The van der Waals surface area contributed by atoms with Gasteiger partial charge in [-0.1, -0.05) is 7.43 Å². The molecule has 0 saturated carbocycles. The summed E-state index contributed by atoms with van der Waals surface area (Å²) in [5.41, 5.74) is -0.955. The molecule has 50 heavy (non-hydrogen) atoms. The number of aldehydes is 1. The zero-order chi connectivity index (χ0) is 38.1. The maximum atomic E-state index is 11.7. The number of aliphatic hydroxyl groups excluding tert-OH is 2. The Kier molecular flexibility index (Phi) is 35.6. The van der Waals surface area contributed by atoms with E-state index < -0.39 is 35.2 Å². The average molecular weight is 732 g/mol. The maximum Gasteiger partial charge on any atom is 1.00 e. The van der Waals surface area contributed by atoms with Gasteiger partial charge in [-0.05, 0) is 60.9 Å². The third-order valence-corrected chi connectivity index (χ3v) is 5.23. The Morgan fingerprint density at radius 2 is 1.28 bits per heavy atom. The van der Waals surface area contributed by atoms with Crippen LogP contribution in [0.4, 0.5) is 9.59 Å². The Bertz CT molecular complexity index is 946. The van der Waals surface area contributed by atoms with E-state index in [4.69, 9.17) is 14.6 Å². The number of nitrogens with zero attached hydrogens (tertiary/aromatic N) is 3. The SMILES string of the molecule is C.CC(=O)OOC(C)=O.CN(CC=O)C(=O)OC(C)(C)C.CN(CCN1CCC(O)C1)C(=O)OC(C)(C)C.OC1CCNC1.[B-]OC(C)=O.[Na+]. The molecule has 0 aromatic rings. The summed E-state index contributed by atoms with van der Waals surface area (Å²) in [4.78, 5) is 74.5. The molecule has 3 radical (unpaired) electrons. The topological polar surface area (TPSA) is 211 Å². The van der Waals surface area contributed by atoms with Crippen molar-refractivity contribution in [2.75, 3.05) is 59.9 Å². The Morgan fingerprint density at radius 3 is 1.54 bits per heavy atom. The number of amides is 2. The fraction of sp³-hybridized carbons (Fsp3) is 0.806. The summed E-state index contributed by atoms with van der Waals surface area (Å²) in [7, 11) is 7.57. The minimum absolute atomic E-state index is 0. The van der Waals surface area contributed by atoms with Gasteiger partial charge >= 0.3 is 53.7 Å². The Morgan fingerprint density at radius 1 is 0.840 bits per heavy atom. The van der Waals surface area contributed by atoms with Crippen LogP contribution in [0.1, 0.15) is 82.6 Å². The zero-order valence-electron chi connectivity index (χ0n) is 31.4. The van der Waals surface area contributed by atoms with Crippen LogP contribution in [0.25, 0.3) is 0 Å². The fourth-order valence-electron chi connectivity index (χ4n) is 3.02. The molecule has 287 valence electrons. The number of ether oxygens (including phenoxy) is 2. The van der Waals surface area contributed by atoms with Crippen molar-refractivity contribution in [3.63, 3.8) is 0 Å². The predicted octanol–water partition coefficient (Wildman–Crippen LogP) is -1.39. The number of likely N-dealkylation sites (tertiary alicyclic amines) is 1. The molecule has 2 fully saturated rings. The Labute approximate surface area is 321 Å². The summed E-state index contributed by atoms with van der Waals surface area (Å²) >= 11 is 0. The van der Waals surface area contributed by atoms with Crippen LogP contribution < -0.4 is 34.9 Å². The van der Waals surface area contributed by atoms with Crippen LogP contribution in [0.2, 0.25) is 0 Å². The minimum atomic E-state index is -0.639. The first kappa shape index (κ1) is 56.9. The monoisotopic (exact) mass is 731 g/mol. The number of β-amino-alcohol motifs (C(OH)–C–C–N with tert-alkyl or cyclic N) is 2. The Hall–Kier alpha value is -2.48. The van der Waals surface area contributed by atoms with E-state index >= 15 is 0 Å². The van der Waals surface area contributed by atoms with Crippen LogP contribution in [0.5, 0.6) is 0 Å². The number of rotatable bonds is 5. The molecule has 2 aliphatic heterocycles. The van der Waals surface area contributed by atoms with Gasteiger partial charge < -0.3 is 52.3 Å². The number of carbonyl (C=O) groups excluding carboxylic acids is 6. The van der Waals surface area contributed by atoms with Crippen molar-refractivity contribution in [3.05, 3.63) is 0 Å². The number of carbonyl (C=O) groups is 6. The van der Waals surface area contributed by atoms with Crippen molar-refractivity contribution in [3.8, 4) is 0 Å². The van der Waals surface area contributed by atoms with Crippen molar-refractivity contribution in [2.24, 2.45) is 0 Å². The molecule has 3 N–H and O–H groups in total. The van der Waals surface area contributed by atoms with E-state index in [1.807, 2.05) is 20.8 Å². The third-order valence-electron chi connectivity index (χ3n) is 5.23. The molecule has 2 unspecified atom stereocenters. The van der Waals surface area contributed by atoms with Crippen molar-refractivity contribution in [1.29, 1.82) is 0 Å². The number of nitrogens with one attached hydrogen (secondary N) is 1. The van der Waals surface area contributed by atoms with Crippen molar-refractivity contribution < 1.29 is 92.4 Å². The van der Waals surface area contributed by atoms with Crippen LogP contribution in [-0.4, -0.2) is 153 Å². The summed E-state index contributed by atoms with van der Waals surface area (Å²) in [6.45, 7) is 19.3. The van der Waals surface area contributed by atoms with E-state index in [1.165, 1.54) is 18.9 Å². The van der Waals surface area contributed by atoms with Crippen LogP contribution in [-0.2, 0) is 43.1 Å². The first-order valence-corrected chi connectivity index (χ1v) is 15.3. The normalized spacial score (nSPS) is 16.0.